The monoisotopic (exact) mass is 400 g/mol. The fourth-order valence-electron chi connectivity index (χ4n) is 2.34. The number of anilines is 1. The zero-order valence-electron chi connectivity index (χ0n) is 14.7. The van der Waals surface area contributed by atoms with Gasteiger partial charge in [-0.3, -0.25) is 14.6 Å². The van der Waals surface area contributed by atoms with E-state index in [9.17, 15) is 9.59 Å². The van der Waals surface area contributed by atoms with Gasteiger partial charge in [0.2, 0.25) is 5.91 Å². The van der Waals surface area contributed by atoms with E-state index in [1.807, 2.05) is 31.2 Å². The largest absolute Gasteiger partial charge is 0.325 e. The normalized spacial score (nSPS) is 11.8. The van der Waals surface area contributed by atoms with Crippen molar-refractivity contribution < 1.29 is 4.79 Å². The molecule has 3 aromatic rings. The minimum atomic E-state index is -0.490. The number of rotatable bonds is 5. The van der Waals surface area contributed by atoms with E-state index in [4.69, 9.17) is 11.6 Å². The van der Waals surface area contributed by atoms with Gasteiger partial charge in [-0.15, -0.1) is 10.2 Å². The van der Waals surface area contributed by atoms with Gasteiger partial charge < -0.3 is 5.32 Å². The molecule has 138 valence electrons. The smallest absolute Gasteiger partial charge is 0.278 e. The molecule has 0 aliphatic heterocycles. The number of carbonyl (C=O) groups is 1. The third kappa shape index (κ3) is 4.75. The number of H-pyrrole nitrogens is 1. The highest BCUT2D eigenvalue weighted by molar-refractivity contribution is 8.00. The molecule has 0 aliphatic carbocycles. The van der Waals surface area contributed by atoms with E-state index >= 15 is 0 Å². The molecule has 1 unspecified atom stereocenters. The molecule has 0 fully saturated rings. The predicted molar refractivity (Wildman–Crippen MR) is 108 cm³/mol. The van der Waals surface area contributed by atoms with E-state index in [1.54, 1.807) is 31.2 Å². The number of hydrogen-bond donors (Lipinski definition) is 2. The summed E-state index contributed by atoms with van der Waals surface area (Å²) in [5, 5.41) is 11.2. The van der Waals surface area contributed by atoms with Gasteiger partial charge in [0.05, 0.1) is 5.25 Å². The summed E-state index contributed by atoms with van der Waals surface area (Å²) < 4.78 is 0. The number of aromatic amines is 1. The zero-order chi connectivity index (χ0) is 19.4. The van der Waals surface area contributed by atoms with Gasteiger partial charge in [-0.05, 0) is 31.5 Å². The number of nitrogens with one attached hydrogen (secondary N) is 2. The second-order valence-electron chi connectivity index (χ2n) is 5.88. The van der Waals surface area contributed by atoms with Crippen LogP contribution >= 0.6 is 23.4 Å². The number of aromatic nitrogens is 3. The number of halogens is 1. The molecule has 1 aromatic heterocycles. The lowest BCUT2D eigenvalue weighted by Crippen LogP contribution is -2.24. The van der Waals surface area contributed by atoms with Crippen LogP contribution in [0.5, 0.6) is 0 Å². The molecule has 8 heteroatoms. The topological polar surface area (TPSA) is 87.7 Å². The predicted octanol–water partition coefficient (Wildman–Crippen LogP) is 3.91. The van der Waals surface area contributed by atoms with Gasteiger partial charge >= 0.3 is 0 Å². The van der Waals surface area contributed by atoms with Gasteiger partial charge in [-0.25, -0.2) is 0 Å². The zero-order valence-corrected chi connectivity index (χ0v) is 16.3. The summed E-state index contributed by atoms with van der Waals surface area (Å²) in [5.74, 6) is -0.222. The summed E-state index contributed by atoms with van der Waals surface area (Å²) in [7, 11) is 0. The second-order valence-corrected chi connectivity index (χ2v) is 7.65. The van der Waals surface area contributed by atoms with Crippen LogP contribution in [0.1, 0.15) is 12.5 Å². The van der Waals surface area contributed by atoms with Crippen molar-refractivity contribution in [2.75, 3.05) is 5.32 Å². The van der Waals surface area contributed by atoms with Gasteiger partial charge in [0.1, 0.15) is 0 Å². The van der Waals surface area contributed by atoms with Crippen molar-refractivity contribution >= 4 is 35.0 Å². The molecule has 0 saturated carbocycles. The third-order valence-corrected chi connectivity index (χ3v) is 5.05. The Hall–Kier alpha value is -2.64. The Morgan fingerprint density at radius 1 is 1.19 bits per heavy atom. The summed E-state index contributed by atoms with van der Waals surface area (Å²) in [6.45, 7) is 3.61. The third-order valence-electron chi connectivity index (χ3n) is 3.84. The van der Waals surface area contributed by atoms with E-state index < -0.39 is 5.25 Å². The SMILES string of the molecule is Cc1ccc(Cl)cc1NC(=O)C(C)Sc1nnc(-c2ccccc2)c(=O)[nH]1. The number of hydrogen-bond acceptors (Lipinski definition) is 5. The van der Waals surface area contributed by atoms with Gasteiger partial charge in [0.25, 0.3) is 5.56 Å². The molecular formula is C19H17ClN4O2S. The molecule has 2 aromatic carbocycles. The van der Waals surface area contributed by atoms with Crippen molar-refractivity contribution in [3.8, 4) is 11.3 Å². The Bertz CT molecular complexity index is 1020. The van der Waals surface area contributed by atoms with Crippen molar-refractivity contribution in [1.29, 1.82) is 0 Å². The van der Waals surface area contributed by atoms with E-state index in [0.717, 1.165) is 17.3 Å². The summed E-state index contributed by atoms with van der Waals surface area (Å²) in [5.41, 5.74) is 2.14. The van der Waals surface area contributed by atoms with Crippen LogP contribution in [0, 0.1) is 6.92 Å². The van der Waals surface area contributed by atoms with Crippen molar-refractivity contribution in [3.63, 3.8) is 0 Å². The Labute approximate surface area is 165 Å². The quantitative estimate of drug-likeness (QED) is 0.634. The van der Waals surface area contributed by atoms with Crippen molar-refractivity contribution in [2.24, 2.45) is 0 Å². The van der Waals surface area contributed by atoms with Crippen molar-refractivity contribution in [1.82, 2.24) is 15.2 Å². The molecule has 1 amide bonds. The van der Waals surface area contributed by atoms with Crippen molar-refractivity contribution in [3.05, 3.63) is 69.5 Å². The average molecular weight is 401 g/mol. The van der Waals surface area contributed by atoms with Crippen LogP contribution in [0.4, 0.5) is 5.69 Å². The lowest BCUT2D eigenvalue weighted by atomic mass is 10.2. The van der Waals surface area contributed by atoms with Crippen LogP contribution < -0.4 is 10.9 Å². The van der Waals surface area contributed by atoms with Crippen LogP contribution in [0.15, 0.2) is 58.5 Å². The first-order valence-electron chi connectivity index (χ1n) is 8.20. The summed E-state index contributed by atoms with van der Waals surface area (Å²) >= 11 is 7.10. The fraction of sp³-hybridized carbons (Fsp3) is 0.158. The average Bonchev–Trinajstić information content (AvgIpc) is 2.65. The number of nitrogens with zero attached hydrogens (tertiary/aromatic N) is 2. The highest BCUT2D eigenvalue weighted by Gasteiger charge is 2.18. The first kappa shape index (κ1) is 19.1. The molecule has 1 heterocycles. The summed E-state index contributed by atoms with van der Waals surface area (Å²) in [4.78, 5) is 27.4. The molecule has 0 bridgehead atoms. The first-order chi connectivity index (χ1) is 12.9. The molecule has 6 nitrogen and oxygen atoms in total. The van der Waals surface area contributed by atoms with Gasteiger partial charge in [0, 0.05) is 16.3 Å². The van der Waals surface area contributed by atoms with E-state index in [0.29, 0.717) is 16.3 Å². The van der Waals surface area contributed by atoms with Gasteiger partial charge in [-0.2, -0.15) is 0 Å². The molecule has 0 radical (unpaired) electrons. The number of aryl methyl sites for hydroxylation is 1. The van der Waals surface area contributed by atoms with Crippen LogP contribution in [0.3, 0.4) is 0 Å². The molecule has 0 spiro atoms. The summed E-state index contributed by atoms with van der Waals surface area (Å²) in [6.07, 6.45) is 0. The van der Waals surface area contributed by atoms with E-state index in [1.165, 1.54) is 0 Å². The van der Waals surface area contributed by atoms with Gasteiger partial charge in [0.15, 0.2) is 10.9 Å². The molecule has 1 atom stereocenters. The Balaban J connectivity index is 1.71. The highest BCUT2D eigenvalue weighted by Crippen LogP contribution is 2.23. The maximum Gasteiger partial charge on any atom is 0.278 e. The maximum absolute atomic E-state index is 12.4. The van der Waals surface area contributed by atoms with E-state index in [-0.39, 0.29) is 22.3 Å². The van der Waals surface area contributed by atoms with Crippen molar-refractivity contribution in [2.45, 2.75) is 24.3 Å². The lowest BCUT2D eigenvalue weighted by Gasteiger charge is -2.13. The number of amides is 1. The minimum Gasteiger partial charge on any atom is -0.325 e. The molecule has 27 heavy (non-hydrogen) atoms. The van der Waals surface area contributed by atoms with Crippen LogP contribution in [0.25, 0.3) is 11.3 Å². The Morgan fingerprint density at radius 2 is 1.93 bits per heavy atom. The van der Waals surface area contributed by atoms with Gasteiger partial charge in [-0.1, -0.05) is 59.8 Å². The fourth-order valence-corrected chi connectivity index (χ4v) is 3.26. The Kier molecular flexibility index (Phi) is 5.93. The summed E-state index contributed by atoms with van der Waals surface area (Å²) in [6, 6.07) is 14.4. The second kappa shape index (κ2) is 8.37. The standard InChI is InChI=1S/C19H17ClN4O2S/c1-11-8-9-14(20)10-15(11)21-17(25)12(2)27-19-22-18(26)16(23-24-19)13-6-4-3-5-7-13/h3-10,12H,1-2H3,(H,21,25)(H,22,24,26). The molecule has 2 N–H and O–H groups in total. The number of carbonyl (C=O) groups excluding carboxylic acids is 1. The first-order valence-corrected chi connectivity index (χ1v) is 9.46. The lowest BCUT2D eigenvalue weighted by molar-refractivity contribution is -0.115. The Morgan fingerprint density at radius 3 is 2.63 bits per heavy atom. The molecule has 0 saturated heterocycles. The minimum absolute atomic E-state index is 0.222. The van der Waals surface area contributed by atoms with Crippen LogP contribution in [-0.4, -0.2) is 26.3 Å². The maximum atomic E-state index is 12.4. The van der Waals surface area contributed by atoms with Crippen LogP contribution in [0.2, 0.25) is 5.02 Å². The number of benzene rings is 2. The number of thioether (sulfide) groups is 1. The van der Waals surface area contributed by atoms with E-state index in [2.05, 4.69) is 20.5 Å². The van der Waals surface area contributed by atoms with Crippen LogP contribution in [-0.2, 0) is 4.79 Å². The molecule has 3 rings (SSSR count). The highest BCUT2D eigenvalue weighted by atomic mass is 35.5. The molecule has 0 aliphatic rings. The molecular weight excluding hydrogens is 384 g/mol.